The smallest absolute Gasteiger partial charge is 0.270 e. The Kier molecular flexibility index (Phi) is 4.75. The quantitative estimate of drug-likeness (QED) is 0.736. The van der Waals surface area contributed by atoms with Gasteiger partial charge in [-0.2, -0.15) is 0 Å². The fourth-order valence-corrected chi connectivity index (χ4v) is 3.89. The number of phenols is 1. The molecule has 0 spiro atoms. The van der Waals surface area contributed by atoms with E-state index in [0.29, 0.717) is 17.4 Å². The van der Waals surface area contributed by atoms with Crippen LogP contribution in [0.2, 0.25) is 0 Å². The molecule has 1 aliphatic rings. The minimum atomic E-state index is 0.0165. The summed E-state index contributed by atoms with van der Waals surface area (Å²) in [6, 6.07) is 15.7. The highest BCUT2D eigenvalue weighted by Gasteiger charge is 2.25. The summed E-state index contributed by atoms with van der Waals surface area (Å²) in [6.45, 7) is 1.56. The molecule has 5 heteroatoms. The number of hydrogen-bond donors (Lipinski definition) is 2. The third-order valence-corrected chi connectivity index (χ3v) is 5.42. The standard InChI is InChI=1S/C22H24N2O3/c1-27-21-14-18-17(13-20(21)25)12-19(23-18)22(26)24-9-7-16(8-10-24)11-15-5-3-2-4-6-15/h2-6,12-14,16,23,25H,7-11H2,1H3. The van der Waals surface area contributed by atoms with Gasteiger partial charge in [0.2, 0.25) is 0 Å². The van der Waals surface area contributed by atoms with Crippen molar-refractivity contribution in [3.63, 3.8) is 0 Å². The Morgan fingerprint density at radius 2 is 1.93 bits per heavy atom. The molecule has 4 rings (SSSR count). The lowest BCUT2D eigenvalue weighted by molar-refractivity contribution is 0.0685. The summed E-state index contributed by atoms with van der Waals surface area (Å²) in [7, 11) is 1.51. The number of H-pyrrole nitrogens is 1. The number of methoxy groups -OCH3 is 1. The number of aromatic nitrogens is 1. The number of ether oxygens (including phenoxy) is 1. The number of fused-ring (bicyclic) bond motifs is 1. The maximum absolute atomic E-state index is 12.9. The average Bonchev–Trinajstić information content (AvgIpc) is 3.11. The Bertz CT molecular complexity index is 941. The molecule has 0 unspecified atom stereocenters. The van der Waals surface area contributed by atoms with Crippen LogP contribution in [-0.2, 0) is 6.42 Å². The number of carbonyl (C=O) groups excluding carboxylic acids is 1. The van der Waals surface area contributed by atoms with Crippen LogP contribution in [-0.4, -0.2) is 41.1 Å². The van der Waals surface area contributed by atoms with Crippen molar-refractivity contribution in [1.82, 2.24) is 9.88 Å². The zero-order valence-corrected chi connectivity index (χ0v) is 15.4. The molecule has 0 aliphatic carbocycles. The van der Waals surface area contributed by atoms with Crippen LogP contribution < -0.4 is 4.74 Å². The van der Waals surface area contributed by atoms with E-state index in [4.69, 9.17) is 4.74 Å². The number of amides is 1. The molecule has 1 saturated heterocycles. The first-order valence-electron chi connectivity index (χ1n) is 9.37. The Balaban J connectivity index is 1.42. The minimum Gasteiger partial charge on any atom is -0.504 e. The number of benzene rings is 2. The number of carbonyl (C=O) groups is 1. The summed E-state index contributed by atoms with van der Waals surface area (Å²) in [5, 5.41) is 10.7. The number of aromatic hydroxyl groups is 1. The van der Waals surface area contributed by atoms with Crippen LogP contribution in [0.1, 0.15) is 28.9 Å². The first-order valence-corrected chi connectivity index (χ1v) is 9.37. The number of aromatic amines is 1. The zero-order chi connectivity index (χ0) is 18.8. The normalized spacial score (nSPS) is 15.2. The number of hydrogen-bond acceptors (Lipinski definition) is 3. The molecule has 0 atom stereocenters. The largest absolute Gasteiger partial charge is 0.504 e. The number of nitrogens with zero attached hydrogens (tertiary/aromatic N) is 1. The lowest BCUT2D eigenvalue weighted by atomic mass is 9.90. The van der Waals surface area contributed by atoms with Crippen molar-refractivity contribution in [2.24, 2.45) is 5.92 Å². The molecule has 1 amide bonds. The lowest BCUT2D eigenvalue weighted by Gasteiger charge is -2.31. The van der Waals surface area contributed by atoms with Gasteiger partial charge < -0.3 is 19.7 Å². The summed E-state index contributed by atoms with van der Waals surface area (Å²) >= 11 is 0. The highest BCUT2D eigenvalue weighted by molar-refractivity contribution is 5.98. The van der Waals surface area contributed by atoms with Gasteiger partial charge in [0.1, 0.15) is 5.69 Å². The molecule has 2 aromatic carbocycles. The van der Waals surface area contributed by atoms with Crippen LogP contribution in [0.15, 0.2) is 48.5 Å². The van der Waals surface area contributed by atoms with Crippen LogP contribution in [0.25, 0.3) is 10.9 Å². The van der Waals surface area contributed by atoms with Crippen LogP contribution in [0.4, 0.5) is 0 Å². The summed E-state index contributed by atoms with van der Waals surface area (Å²) in [5.74, 6) is 1.11. The second kappa shape index (κ2) is 7.35. The van der Waals surface area contributed by atoms with E-state index in [-0.39, 0.29) is 11.7 Å². The number of nitrogens with one attached hydrogen (secondary N) is 1. The van der Waals surface area contributed by atoms with Gasteiger partial charge in [-0.3, -0.25) is 4.79 Å². The van der Waals surface area contributed by atoms with Crippen molar-refractivity contribution < 1.29 is 14.6 Å². The van der Waals surface area contributed by atoms with E-state index in [2.05, 4.69) is 29.2 Å². The van der Waals surface area contributed by atoms with Gasteiger partial charge in [0.25, 0.3) is 5.91 Å². The Hall–Kier alpha value is -2.95. The monoisotopic (exact) mass is 364 g/mol. The fraction of sp³-hybridized carbons (Fsp3) is 0.318. The van der Waals surface area contributed by atoms with Gasteiger partial charge in [0.05, 0.1) is 7.11 Å². The SMILES string of the molecule is COc1cc2[nH]c(C(=O)N3CCC(Cc4ccccc4)CC3)cc2cc1O. The maximum atomic E-state index is 12.9. The van der Waals surface area contributed by atoms with Crippen LogP contribution in [0.5, 0.6) is 11.5 Å². The third kappa shape index (κ3) is 3.63. The number of likely N-dealkylation sites (tertiary alicyclic amines) is 1. The lowest BCUT2D eigenvalue weighted by Crippen LogP contribution is -2.39. The molecule has 140 valence electrons. The van der Waals surface area contributed by atoms with Crippen molar-refractivity contribution in [1.29, 1.82) is 0 Å². The number of rotatable bonds is 4. The highest BCUT2D eigenvalue weighted by atomic mass is 16.5. The van der Waals surface area contributed by atoms with E-state index >= 15 is 0 Å². The van der Waals surface area contributed by atoms with E-state index < -0.39 is 0 Å². The Labute approximate surface area is 158 Å². The van der Waals surface area contributed by atoms with Crippen molar-refractivity contribution in [2.45, 2.75) is 19.3 Å². The fourth-order valence-electron chi connectivity index (χ4n) is 3.89. The van der Waals surface area contributed by atoms with Crippen LogP contribution in [0, 0.1) is 5.92 Å². The second-order valence-corrected chi connectivity index (χ2v) is 7.22. The summed E-state index contributed by atoms with van der Waals surface area (Å²) in [5.41, 5.74) is 2.71. The predicted octanol–water partition coefficient (Wildman–Crippen LogP) is 3.98. The molecule has 0 bridgehead atoms. The van der Waals surface area contributed by atoms with Crippen LogP contribution in [0.3, 0.4) is 0 Å². The van der Waals surface area contributed by atoms with Gasteiger partial charge in [-0.05, 0) is 42.9 Å². The molecule has 1 fully saturated rings. The second-order valence-electron chi connectivity index (χ2n) is 7.22. The van der Waals surface area contributed by atoms with Crippen molar-refractivity contribution in [2.75, 3.05) is 20.2 Å². The zero-order valence-electron chi connectivity index (χ0n) is 15.4. The first-order chi connectivity index (χ1) is 13.1. The van der Waals surface area contributed by atoms with Crippen molar-refractivity contribution in [3.8, 4) is 11.5 Å². The van der Waals surface area contributed by atoms with Gasteiger partial charge in [-0.25, -0.2) is 0 Å². The van der Waals surface area contributed by atoms with E-state index in [1.54, 1.807) is 18.2 Å². The molecule has 0 radical (unpaired) electrons. The maximum Gasteiger partial charge on any atom is 0.270 e. The van der Waals surface area contributed by atoms with Gasteiger partial charge in [-0.1, -0.05) is 30.3 Å². The topological polar surface area (TPSA) is 65.6 Å². The average molecular weight is 364 g/mol. The summed E-state index contributed by atoms with van der Waals surface area (Å²) in [6.07, 6.45) is 3.12. The summed E-state index contributed by atoms with van der Waals surface area (Å²) < 4.78 is 5.13. The van der Waals surface area contributed by atoms with Crippen molar-refractivity contribution in [3.05, 3.63) is 59.8 Å². The molecule has 27 heavy (non-hydrogen) atoms. The highest BCUT2D eigenvalue weighted by Crippen LogP contribution is 2.32. The van der Waals surface area contributed by atoms with Crippen molar-refractivity contribution >= 4 is 16.8 Å². The molecular formula is C22H24N2O3. The molecule has 5 nitrogen and oxygen atoms in total. The Morgan fingerprint density at radius 3 is 2.63 bits per heavy atom. The predicted molar refractivity (Wildman–Crippen MR) is 105 cm³/mol. The van der Waals surface area contributed by atoms with E-state index in [1.165, 1.54) is 12.7 Å². The van der Waals surface area contributed by atoms with E-state index in [0.717, 1.165) is 43.3 Å². The molecule has 0 saturated carbocycles. The molecule has 1 aliphatic heterocycles. The van der Waals surface area contributed by atoms with E-state index in [1.807, 2.05) is 11.0 Å². The number of piperidine rings is 1. The van der Waals surface area contributed by atoms with E-state index in [9.17, 15) is 9.90 Å². The molecule has 1 aromatic heterocycles. The molecular weight excluding hydrogens is 340 g/mol. The van der Waals surface area contributed by atoms with Gasteiger partial charge in [0, 0.05) is 30.1 Å². The molecule has 2 N–H and O–H groups in total. The third-order valence-electron chi connectivity index (χ3n) is 5.42. The first kappa shape index (κ1) is 17.5. The molecule has 3 aromatic rings. The number of phenolic OH excluding ortho intramolecular Hbond substituents is 1. The van der Waals surface area contributed by atoms with Gasteiger partial charge in [0.15, 0.2) is 11.5 Å². The van der Waals surface area contributed by atoms with Gasteiger partial charge >= 0.3 is 0 Å². The molecule has 2 heterocycles. The van der Waals surface area contributed by atoms with Gasteiger partial charge in [-0.15, -0.1) is 0 Å². The van der Waals surface area contributed by atoms with Crippen LogP contribution >= 0.6 is 0 Å². The summed E-state index contributed by atoms with van der Waals surface area (Å²) in [4.78, 5) is 18.0. The minimum absolute atomic E-state index is 0.0165. The Morgan fingerprint density at radius 1 is 1.19 bits per heavy atom.